The van der Waals surface area contributed by atoms with Gasteiger partial charge in [0.25, 0.3) is 0 Å². The van der Waals surface area contributed by atoms with Gasteiger partial charge in [-0.1, -0.05) is 11.6 Å². The van der Waals surface area contributed by atoms with Crippen LogP contribution in [0.15, 0.2) is 6.20 Å². The van der Waals surface area contributed by atoms with Crippen LogP contribution in [0.3, 0.4) is 0 Å². The lowest BCUT2D eigenvalue weighted by molar-refractivity contribution is 0.0190. The number of halogens is 3. The topological polar surface area (TPSA) is 83.9 Å². The van der Waals surface area contributed by atoms with E-state index in [4.69, 9.17) is 21.1 Å². The number of anilines is 1. The van der Waals surface area contributed by atoms with E-state index >= 15 is 4.39 Å². The second-order valence-electron chi connectivity index (χ2n) is 10.8. The summed E-state index contributed by atoms with van der Waals surface area (Å²) in [6, 6.07) is -0.0584. The number of nitrogens with zero attached hydrogens (tertiary/aromatic N) is 6. The molecule has 2 aromatic rings. The fourth-order valence-corrected chi connectivity index (χ4v) is 5.54. The molecule has 36 heavy (non-hydrogen) atoms. The zero-order valence-electron chi connectivity index (χ0n) is 20.8. The molecule has 3 aliphatic rings. The lowest BCUT2D eigenvalue weighted by atomic mass is 9.95. The van der Waals surface area contributed by atoms with Gasteiger partial charge in [0.1, 0.15) is 23.9 Å². The highest BCUT2D eigenvalue weighted by Gasteiger charge is 2.49. The van der Waals surface area contributed by atoms with E-state index in [-0.39, 0.29) is 29.1 Å². The number of carbonyl (C=O) groups is 1. The summed E-state index contributed by atoms with van der Waals surface area (Å²) in [5.41, 5.74) is -1.16. The first-order valence-corrected chi connectivity index (χ1v) is 12.8. The number of fused-ring (bicyclic) bond motifs is 2. The molecule has 196 valence electrons. The first kappa shape index (κ1) is 25.1. The highest BCUT2D eigenvalue weighted by Crippen LogP contribution is 2.40. The number of ether oxygens (including phenoxy) is 2. The SMILES string of the molecule is CC(C)(C)OC(=O)N1CCCCN1c1nc(OC[C@@]23CCCN2C[C@H](F)C3)nc2c(F)c(Cl)ncc12. The Bertz CT molecular complexity index is 1160. The van der Waals surface area contributed by atoms with Crippen molar-refractivity contribution in [2.75, 3.05) is 37.8 Å². The van der Waals surface area contributed by atoms with E-state index in [0.717, 1.165) is 32.2 Å². The number of rotatable bonds is 4. The summed E-state index contributed by atoms with van der Waals surface area (Å²) >= 11 is 5.96. The maximum Gasteiger partial charge on any atom is 0.429 e. The standard InChI is InChI=1S/C24H31ClF2N6O3/c1-23(2,3)36-22(34)33-10-5-4-9-32(33)20-16-12-28-19(25)17(27)18(16)29-21(30-20)35-14-24-7-6-8-31(24)13-15(26)11-24/h12,15H,4-11,13-14H2,1-3H3/t15-,24+/m1/s1. The smallest absolute Gasteiger partial charge is 0.429 e. The van der Waals surface area contributed by atoms with Gasteiger partial charge >= 0.3 is 12.1 Å². The van der Waals surface area contributed by atoms with Crippen LogP contribution >= 0.6 is 11.6 Å². The molecule has 0 unspecified atom stereocenters. The minimum Gasteiger partial charge on any atom is -0.461 e. The van der Waals surface area contributed by atoms with Gasteiger partial charge < -0.3 is 9.47 Å². The molecular weight excluding hydrogens is 494 g/mol. The van der Waals surface area contributed by atoms with Gasteiger partial charge in [0.05, 0.1) is 10.9 Å². The van der Waals surface area contributed by atoms with Crippen molar-refractivity contribution in [3.63, 3.8) is 0 Å². The Balaban J connectivity index is 1.51. The number of hydrogen-bond acceptors (Lipinski definition) is 8. The van der Waals surface area contributed by atoms with E-state index in [0.29, 0.717) is 31.4 Å². The van der Waals surface area contributed by atoms with E-state index in [2.05, 4.69) is 19.9 Å². The van der Waals surface area contributed by atoms with Gasteiger partial charge in [0.15, 0.2) is 16.8 Å². The number of carbonyl (C=O) groups excluding carboxylic acids is 1. The summed E-state index contributed by atoms with van der Waals surface area (Å²) in [7, 11) is 0. The molecule has 0 saturated carbocycles. The summed E-state index contributed by atoms with van der Waals surface area (Å²) in [6.07, 6.45) is 3.70. The van der Waals surface area contributed by atoms with E-state index < -0.39 is 29.2 Å². The number of alkyl halides is 1. The van der Waals surface area contributed by atoms with Gasteiger partial charge in [-0.25, -0.2) is 23.6 Å². The monoisotopic (exact) mass is 524 g/mol. The molecule has 5 rings (SSSR count). The molecule has 0 aliphatic carbocycles. The van der Waals surface area contributed by atoms with Crippen LogP contribution in [0, 0.1) is 5.82 Å². The second kappa shape index (κ2) is 9.41. The van der Waals surface area contributed by atoms with Crippen LogP contribution in [0.25, 0.3) is 10.9 Å². The number of amides is 1. The number of hydrazine groups is 1. The van der Waals surface area contributed by atoms with Crippen molar-refractivity contribution in [1.82, 2.24) is 24.9 Å². The first-order valence-electron chi connectivity index (χ1n) is 12.4. The fourth-order valence-electron chi connectivity index (χ4n) is 5.40. The summed E-state index contributed by atoms with van der Waals surface area (Å²) in [6.45, 7) is 7.65. The Hall–Kier alpha value is -2.53. The Morgan fingerprint density at radius 3 is 2.78 bits per heavy atom. The molecule has 0 spiro atoms. The minimum atomic E-state index is -0.903. The van der Waals surface area contributed by atoms with Crippen molar-refractivity contribution < 1.29 is 23.0 Å². The predicted molar refractivity (Wildman–Crippen MR) is 130 cm³/mol. The molecule has 0 bridgehead atoms. The molecule has 3 aliphatic heterocycles. The molecular formula is C24H31ClF2N6O3. The van der Waals surface area contributed by atoms with Crippen molar-refractivity contribution in [3.05, 3.63) is 17.2 Å². The van der Waals surface area contributed by atoms with Crippen LogP contribution in [-0.2, 0) is 4.74 Å². The van der Waals surface area contributed by atoms with Gasteiger partial charge in [-0.3, -0.25) is 9.91 Å². The van der Waals surface area contributed by atoms with Crippen LogP contribution in [-0.4, -0.2) is 81.1 Å². The number of pyridine rings is 1. The van der Waals surface area contributed by atoms with Crippen LogP contribution < -0.4 is 9.75 Å². The Morgan fingerprint density at radius 2 is 2.00 bits per heavy atom. The van der Waals surface area contributed by atoms with Crippen molar-refractivity contribution in [2.45, 2.75) is 70.2 Å². The first-order chi connectivity index (χ1) is 17.1. The third-order valence-corrected chi connectivity index (χ3v) is 7.23. The third-order valence-electron chi connectivity index (χ3n) is 6.96. The summed E-state index contributed by atoms with van der Waals surface area (Å²) in [5.74, 6) is -0.520. The molecule has 9 nitrogen and oxygen atoms in total. The predicted octanol–water partition coefficient (Wildman–Crippen LogP) is 4.52. The fraction of sp³-hybridized carbons (Fsp3) is 0.667. The van der Waals surface area contributed by atoms with Crippen LogP contribution in [0.5, 0.6) is 6.01 Å². The van der Waals surface area contributed by atoms with E-state index in [1.54, 1.807) is 25.8 Å². The molecule has 3 fully saturated rings. The van der Waals surface area contributed by atoms with Crippen molar-refractivity contribution >= 4 is 34.4 Å². The summed E-state index contributed by atoms with van der Waals surface area (Å²) < 4.78 is 40.9. The summed E-state index contributed by atoms with van der Waals surface area (Å²) in [4.78, 5) is 28.0. The van der Waals surface area contributed by atoms with Gasteiger partial charge in [-0.15, -0.1) is 0 Å². The Morgan fingerprint density at radius 1 is 1.22 bits per heavy atom. The van der Waals surface area contributed by atoms with Crippen LogP contribution in [0.2, 0.25) is 5.15 Å². The zero-order valence-corrected chi connectivity index (χ0v) is 21.5. The highest BCUT2D eigenvalue weighted by atomic mass is 35.5. The van der Waals surface area contributed by atoms with Crippen molar-refractivity contribution in [3.8, 4) is 6.01 Å². The third kappa shape index (κ3) is 4.74. The molecule has 2 aromatic heterocycles. The molecule has 0 aromatic carbocycles. The Kier molecular flexibility index (Phi) is 6.57. The highest BCUT2D eigenvalue weighted by molar-refractivity contribution is 6.30. The lowest BCUT2D eigenvalue weighted by Gasteiger charge is -2.40. The molecule has 0 radical (unpaired) electrons. The van der Waals surface area contributed by atoms with Crippen LogP contribution in [0.4, 0.5) is 19.4 Å². The normalized spacial score (nSPS) is 24.9. The van der Waals surface area contributed by atoms with E-state index in [9.17, 15) is 9.18 Å². The molecule has 12 heteroatoms. The largest absolute Gasteiger partial charge is 0.461 e. The van der Waals surface area contributed by atoms with Gasteiger partial charge in [-0.05, 0) is 53.0 Å². The van der Waals surface area contributed by atoms with Crippen LogP contribution in [0.1, 0.15) is 52.9 Å². The minimum absolute atomic E-state index is 0.0553. The maximum absolute atomic E-state index is 15.1. The molecule has 2 atom stereocenters. The number of aromatic nitrogens is 3. The molecule has 0 N–H and O–H groups in total. The number of hydrogen-bond donors (Lipinski definition) is 0. The lowest BCUT2D eigenvalue weighted by Crippen LogP contribution is -2.52. The Labute approximate surface area is 213 Å². The quantitative estimate of drug-likeness (QED) is 0.540. The molecule has 1 amide bonds. The maximum atomic E-state index is 15.1. The van der Waals surface area contributed by atoms with Gasteiger partial charge in [0.2, 0.25) is 0 Å². The average molecular weight is 525 g/mol. The van der Waals surface area contributed by atoms with Crippen molar-refractivity contribution in [1.29, 1.82) is 0 Å². The molecule has 5 heterocycles. The van der Waals surface area contributed by atoms with Crippen molar-refractivity contribution in [2.24, 2.45) is 0 Å². The molecule has 3 saturated heterocycles. The van der Waals surface area contributed by atoms with E-state index in [1.807, 2.05) is 0 Å². The summed E-state index contributed by atoms with van der Waals surface area (Å²) in [5, 5.41) is 3.11. The van der Waals surface area contributed by atoms with E-state index in [1.165, 1.54) is 11.2 Å². The average Bonchev–Trinajstić information content (AvgIpc) is 3.34. The van der Waals surface area contributed by atoms with Gasteiger partial charge in [0, 0.05) is 32.3 Å². The second-order valence-corrected chi connectivity index (χ2v) is 11.1. The zero-order chi connectivity index (χ0) is 25.7. The van der Waals surface area contributed by atoms with Gasteiger partial charge in [-0.2, -0.15) is 9.97 Å².